The van der Waals surface area contributed by atoms with E-state index in [2.05, 4.69) is 41.4 Å². The Hall–Kier alpha value is -1.35. The Morgan fingerprint density at radius 1 is 1.13 bits per heavy atom. The number of aromatic nitrogens is 3. The van der Waals surface area contributed by atoms with Gasteiger partial charge in [0.1, 0.15) is 5.82 Å². The Balaban J connectivity index is 2.25. The first-order valence-electron chi connectivity index (χ1n) is 4.77. The minimum absolute atomic E-state index is 0.438. The zero-order chi connectivity index (χ0) is 10.8. The van der Waals surface area contributed by atoms with Crippen molar-refractivity contribution >= 4 is 11.6 Å². The molecular weight excluding hydrogens is 210 g/mol. The van der Waals surface area contributed by atoms with Crippen LogP contribution in [0, 0.1) is 13.8 Å². The molecule has 0 fully saturated rings. The Morgan fingerprint density at radius 2 is 1.80 bits per heavy atom. The topological polar surface area (TPSA) is 30.7 Å². The third-order valence-corrected chi connectivity index (χ3v) is 2.63. The molecule has 1 aromatic heterocycles. The van der Waals surface area contributed by atoms with Gasteiger partial charge in [0.25, 0.3) is 0 Å². The number of rotatable bonds is 2. The van der Waals surface area contributed by atoms with Crippen molar-refractivity contribution in [1.29, 1.82) is 0 Å². The minimum atomic E-state index is 0.438. The first-order valence-corrected chi connectivity index (χ1v) is 5.15. The van der Waals surface area contributed by atoms with Crippen LogP contribution in [-0.4, -0.2) is 14.8 Å². The first-order chi connectivity index (χ1) is 7.16. The quantitative estimate of drug-likeness (QED) is 0.781. The van der Waals surface area contributed by atoms with Crippen molar-refractivity contribution < 1.29 is 0 Å². The molecule has 0 aliphatic carbocycles. The minimum Gasteiger partial charge on any atom is -0.298 e. The summed E-state index contributed by atoms with van der Waals surface area (Å²) < 4.78 is 1.88. The lowest BCUT2D eigenvalue weighted by Gasteiger charge is -2.05. The lowest BCUT2D eigenvalue weighted by atomic mass is 10.1. The van der Waals surface area contributed by atoms with E-state index in [0.717, 1.165) is 12.4 Å². The van der Waals surface area contributed by atoms with Crippen LogP contribution in [0.3, 0.4) is 0 Å². The van der Waals surface area contributed by atoms with E-state index in [4.69, 9.17) is 11.6 Å². The average molecular weight is 222 g/mol. The largest absolute Gasteiger partial charge is 0.298 e. The first kappa shape index (κ1) is 10.2. The number of benzene rings is 1. The Bertz CT molecular complexity index is 440. The molecule has 0 radical (unpaired) electrons. The standard InChI is InChI=1S/C11H12ClN3/c1-8-3-5-10(6-4-8)7-15-9(2)13-14-11(15)12/h3-6H,7H2,1-2H3. The summed E-state index contributed by atoms with van der Waals surface area (Å²) in [5, 5.41) is 8.16. The van der Waals surface area contributed by atoms with Crippen molar-refractivity contribution in [2.45, 2.75) is 20.4 Å². The Labute approximate surface area is 93.7 Å². The molecule has 2 rings (SSSR count). The van der Waals surface area contributed by atoms with Crippen LogP contribution in [0.15, 0.2) is 24.3 Å². The van der Waals surface area contributed by atoms with Crippen LogP contribution >= 0.6 is 11.6 Å². The highest BCUT2D eigenvalue weighted by Crippen LogP contribution is 2.11. The third-order valence-electron chi connectivity index (χ3n) is 2.35. The van der Waals surface area contributed by atoms with E-state index < -0.39 is 0 Å². The number of halogens is 1. The molecule has 0 saturated carbocycles. The van der Waals surface area contributed by atoms with E-state index in [-0.39, 0.29) is 0 Å². The average Bonchev–Trinajstić information content (AvgIpc) is 2.53. The summed E-state index contributed by atoms with van der Waals surface area (Å²) in [5.41, 5.74) is 2.45. The van der Waals surface area contributed by atoms with Crippen molar-refractivity contribution in [3.05, 3.63) is 46.5 Å². The van der Waals surface area contributed by atoms with Crippen LogP contribution in [0.25, 0.3) is 0 Å². The van der Waals surface area contributed by atoms with Gasteiger partial charge in [0, 0.05) is 0 Å². The van der Waals surface area contributed by atoms with Crippen molar-refractivity contribution in [2.75, 3.05) is 0 Å². The second kappa shape index (κ2) is 4.03. The van der Waals surface area contributed by atoms with E-state index in [0.29, 0.717) is 5.28 Å². The third kappa shape index (κ3) is 2.18. The van der Waals surface area contributed by atoms with Gasteiger partial charge in [-0.05, 0) is 31.0 Å². The van der Waals surface area contributed by atoms with Gasteiger partial charge in [0.2, 0.25) is 5.28 Å². The molecule has 1 heterocycles. The van der Waals surface area contributed by atoms with Gasteiger partial charge < -0.3 is 0 Å². The monoisotopic (exact) mass is 221 g/mol. The van der Waals surface area contributed by atoms with E-state index >= 15 is 0 Å². The van der Waals surface area contributed by atoms with Gasteiger partial charge in [-0.15, -0.1) is 10.2 Å². The van der Waals surface area contributed by atoms with Gasteiger partial charge >= 0.3 is 0 Å². The number of nitrogens with zero attached hydrogens (tertiary/aromatic N) is 3. The van der Waals surface area contributed by atoms with Gasteiger partial charge in [-0.2, -0.15) is 0 Å². The zero-order valence-corrected chi connectivity index (χ0v) is 9.49. The van der Waals surface area contributed by atoms with Crippen LogP contribution < -0.4 is 0 Å². The zero-order valence-electron chi connectivity index (χ0n) is 8.74. The molecule has 0 atom stereocenters. The second-order valence-corrected chi connectivity index (χ2v) is 3.93. The summed E-state index contributed by atoms with van der Waals surface area (Å²) in [6.07, 6.45) is 0. The fraction of sp³-hybridized carbons (Fsp3) is 0.273. The molecule has 0 amide bonds. The molecule has 0 aliphatic heterocycles. The van der Waals surface area contributed by atoms with Gasteiger partial charge in [-0.25, -0.2) is 0 Å². The summed E-state index contributed by atoms with van der Waals surface area (Å²) >= 11 is 5.92. The van der Waals surface area contributed by atoms with Crippen LogP contribution in [0.5, 0.6) is 0 Å². The SMILES string of the molecule is Cc1ccc(Cn2c(C)nnc2Cl)cc1. The number of hydrogen-bond acceptors (Lipinski definition) is 2. The number of aryl methyl sites for hydroxylation is 2. The highest BCUT2D eigenvalue weighted by atomic mass is 35.5. The van der Waals surface area contributed by atoms with Crippen LogP contribution in [0.4, 0.5) is 0 Å². The van der Waals surface area contributed by atoms with Gasteiger partial charge in [0.05, 0.1) is 6.54 Å². The molecule has 0 aliphatic rings. The summed E-state index contributed by atoms with van der Waals surface area (Å²) in [6, 6.07) is 8.35. The maximum absolute atomic E-state index is 5.92. The fourth-order valence-corrected chi connectivity index (χ4v) is 1.63. The van der Waals surface area contributed by atoms with Crippen molar-refractivity contribution in [1.82, 2.24) is 14.8 Å². The highest BCUT2D eigenvalue weighted by molar-refractivity contribution is 6.28. The molecule has 2 aromatic rings. The van der Waals surface area contributed by atoms with E-state index in [1.807, 2.05) is 11.5 Å². The molecule has 78 valence electrons. The molecule has 0 bridgehead atoms. The fourth-order valence-electron chi connectivity index (χ4n) is 1.41. The van der Waals surface area contributed by atoms with E-state index in [1.165, 1.54) is 11.1 Å². The van der Waals surface area contributed by atoms with Crippen LogP contribution in [0.1, 0.15) is 17.0 Å². The molecule has 3 nitrogen and oxygen atoms in total. The van der Waals surface area contributed by atoms with Gasteiger partial charge in [-0.1, -0.05) is 29.8 Å². The summed E-state index contributed by atoms with van der Waals surface area (Å²) in [4.78, 5) is 0. The second-order valence-electron chi connectivity index (χ2n) is 3.59. The maximum Gasteiger partial charge on any atom is 0.225 e. The predicted octanol–water partition coefficient (Wildman–Crippen LogP) is 2.60. The highest BCUT2D eigenvalue weighted by Gasteiger charge is 2.05. The molecule has 0 unspecified atom stereocenters. The van der Waals surface area contributed by atoms with Gasteiger partial charge in [-0.3, -0.25) is 4.57 Å². The smallest absolute Gasteiger partial charge is 0.225 e. The molecular formula is C11H12ClN3. The lowest BCUT2D eigenvalue weighted by molar-refractivity contribution is 0.762. The summed E-state index contributed by atoms with van der Waals surface area (Å²) in [6.45, 7) is 4.69. The predicted molar refractivity (Wildman–Crippen MR) is 60.1 cm³/mol. The van der Waals surface area contributed by atoms with E-state index in [1.54, 1.807) is 0 Å². The molecule has 4 heteroatoms. The molecule has 15 heavy (non-hydrogen) atoms. The maximum atomic E-state index is 5.92. The van der Waals surface area contributed by atoms with E-state index in [9.17, 15) is 0 Å². The number of hydrogen-bond donors (Lipinski definition) is 0. The van der Waals surface area contributed by atoms with Crippen molar-refractivity contribution in [3.63, 3.8) is 0 Å². The lowest BCUT2D eigenvalue weighted by Crippen LogP contribution is -2.02. The van der Waals surface area contributed by atoms with Crippen molar-refractivity contribution in [2.24, 2.45) is 0 Å². The molecule has 1 aromatic carbocycles. The van der Waals surface area contributed by atoms with Crippen LogP contribution in [-0.2, 0) is 6.54 Å². The van der Waals surface area contributed by atoms with Crippen molar-refractivity contribution in [3.8, 4) is 0 Å². The molecule has 0 N–H and O–H groups in total. The Kier molecular flexibility index (Phi) is 2.73. The summed E-state index contributed by atoms with van der Waals surface area (Å²) in [7, 11) is 0. The molecule has 0 saturated heterocycles. The van der Waals surface area contributed by atoms with Crippen LogP contribution in [0.2, 0.25) is 5.28 Å². The normalized spacial score (nSPS) is 10.6. The summed E-state index contributed by atoms with van der Waals surface area (Å²) in [5.74, 6) is 0.834. The Morgan fingerprint density at radius 3 is 2.33 bits per heavy atom. The van der Waals surface area contributed by atoms with Gasteiger partial charge in [0.15, 0.2) is 0 Å². The molecule has 0 spiro atoms.